The molecule has 5 atom stereocenters. The summed E-state index contributed by atoms with van der Waals surface area (Å²) in [6.07, 6.45) is 0.523. The summed E-state index contributed by atoms with van der Waals surface area (Å²) in [5.74, 6) is -1.12. The Morgan fingerprint density at radius 1 is 0.926 bits per heavy atom. The summed E-state index contributed by atoms with van der Waals surface area (Å²) in [5.41, 5.74) is 4.59. The fourth-order valence-corrected chi connectivity index (χ4v) is 11.8. The van der Waals surface area contributed by atoms with E-state index < -0.39 is 31.5 Å². The van der Waals surface area contributed by atoms with E-state index in [1.807, 2.05) is 123 Å². The van der Waals surface area contributed by atoms with Gasteiger partial charge in [-0.05, 0) is 60.0 Å². The molecule has 8 rings (SSSR count). The minimum absolute atomic E-state index is 0.0528. The smallest absolute Gasteiger partial charge is 0.264 e. The third-order valence-electron chi connectivity index (χ3n) is 11.8. The predicted octanol–water partition coefficient (Wildman–Crippen LogP) is 5.90. The van der Waals surface area contributed by atoms with Crippen LogP contribution in [-0.4, -0.2) is 65.3 Å². The molecule has 1 fully saturated rings. The number of nitrogens with zero attached hydrogens (tertiary/aromatic N) is 4. The van der Waals surface area contributed by atoms with Crippen molar-refractivity contribution in [2.75, 3.05) is 16.5 Å². The molecule has 0 aliphatic carbocycles. The molecule has 0 aromatic heterocycles. The van der Waals surface area contributed by atoms with Gasteiger partial charge in [0.2, 0.25) is 11.8 Å². The molecule has 0 saturated carbocycles. The van der Waals surface area contributed by atoms with Gasteiger partial charge in [-0.2, -0.15) is 5.10 Å². The van der Waals surface area contributed by atoms with Crippen molar-refractivity contribution in [3.63, 3.8) is 0 Å². The molecule has 0 bridgehead atoms. The van der Waals surface area contributed by atoms with Gasteiger partial charge in [-0.15, -0.1) is 0 Å². The first-order valence-electron chi connectivity index (χ1n) is 18.8. The second-order valence-electron chi connectivity index (χ2n) is 15.6. The van der Waals surface area contributed by atoms with Gasteiger partial charge in [0.05, 0.1) is 48.8 Å². The maximum Gasteiger partial charge on any atom is 0.264 e. The molecule has 2 N–H and O–H groups in total. The van der Waals surface area contributed by atoms with E-state index in [1.165, 1.54) is 5.01 Å². The van der Waals surface area contributed by atoms with Crippen molar-refractivity contribution < 1.29 is 29.0 Å². The van der Waals surface area contributed by atoms with Crippen molar-refractivity contribution in [1.82, 2.24) is 4.90 Å². The number of hydrogen-bond donors (Lipinski definition) is 2. The van der Waals surface area contributed by atoms with Gasteiger partial charge in [-0.1, -0.05) is 91.9 Å². The highest BCUT2D eigenvalue weighted by molar-refractivity contribution is 6.71. The number of carbonyl (C=O) groups is 3. The zero-order valence-electron chi connectivity index (χ0n) is 30.9. The molecule has 4 heterocycles. The molecular weight excluding hydrogens is 697 g/mol. The number of aliphatic hydroxyl groups excluding tert-OH is 1. The zero-order chi connectivity index (χ0) is 37.8. The van der Waals surface area contributed by atoms with Crippen LogP contribution in [0.2, 0.25) is 18.6 Å². The van der Waals surface area contributed by atoms with Crippen molar-refractivity contribution in [3.05, 3.63) is 131 Å². The Morgan fingerprint density at radius 2 is 1.61 bits per heavy atom. The Bertz CT molecular complexity index is 2120. The van der Waals surface area contributed by atoms with E-state index in [-0.39, 0.29) is 43.2 Å². The van der Waals surface area contributed by atoms with Gasteiger partial charge >= 0.3 is 0 Å². The number of aliphatic hydroxyl groups is 1. The average molecular weight is 743 g/mol. The van der Waals surface area contributed by atoms with Crippen molar-refractivity contribution in [3.8, 4) is 0 Å². The number of ether oxygens (including phenoxy) is 1. The highest BCUT2D eigenvalue weighted by Gasteiger charge is 2.66. The molecule has 278 valence electrons. The van der Waals surface area contributed by atoms with Gasteiger partial charge in [0.15, 0.2) is 13.9 Å². The summed E-state index contributed by atoms with van der Waals surface area (Å²) in [4.78, 5) is 58.3. The molecule has 4 aromatic carbocycles. The van der Waals surface area contributed by atoms with Crippen LogP contribution in [0.3, 0.4) is 0 Å². The summed E-state index contributed by atoms with van der Waals surface area (Å²) in [6, 6.07) is 32.6. The Kier molecular flexibility index (Phi) is 9.37. The fraction of sp³-hybridized carbons (Fsp3) is 0.349. The van der Waals surface area contributed by atoms with Crippen molar-refractivity contribution in [1.29, 1.82) is 0 Å². The van der Waals surface area contributed by atoms with E-state index in [1.54, 1.807) is 9.80 Å². The number of amides is 3. The lowest BCUT2D eigenvalue weighted by molar-refractivity contribution is -0.151. The lowest BCUT2D eigenvalue weighted by Crippen LogP contribution is -2.48. The lowest BCUT2D eigenvalue weighted by atomic mass is 9.82. The summed E-state index contributed by atoms with van der Waals surface area (Å²) >= 11 is 0. The molecule has 1 saturated heterocycles. The molecule has 0 radical (unpaired) electrons. The van der Waals surface area contributed by atoms with Crippen LogP contribution in [0.1, 0.15) is 54.0 Å². The van der Waals surface area contributed by atoms with E-state index in [0.29, 0.717) is 42.9 Å². The maximum atomic E-state index is 15.1. The summed E-state index contributed by atoms with van der Waals surface area (Å²) in [5, 5.41) is 16.6. The molecular formula is C43H46N4O6Si. The molecule has 4 aliphatic rings. The van der Waals surface area contributed by atoms with Crippen LogP contribution >= 0.6 is 0 Å². The van der Waals surface area contributed by atoms with Crippen LogP contribution in [0.25, 0.3) is 0 Å². The lowest BCUT2D eigenvalue weighted by Gasteiger charge is -2.37. The van der Waals surface area contributed by atoms with Crippen LogP contribution in [-0.2, 0) is 44.2 Å². The number of anilines is 2. The van der Waals surface area contributed by atoms with Crippen LogP contribution in [0.5, 0.6) is 0 Å². The summed E-state index contributed by atoms with van der Waals surface area (Å²) < 4.78 is 7.06. The highest BCUT2D eigenvalue weighted by atomic mass is 28.4. The minimum atomic E-state index is -3.10. The molecule has 11 heteroatoms. The highest BCUT2D eigenvalue weighted by Crippen LogP contribution is 2.60. The first-order valence-corrected chi connectivity index (χ1v) is 21.9. The average Bonchev–Trinajstić information content (AvgIpc) is 3.60. The third-order valence-corrected chi connectivity index (χ3v) is 14.3. The van der Waals surface area contributed by atoms with Crippen molar-refractivity contribution in [2.45, 2.75) is 82.1 Å². The van der Waals surface area contributed by atoms with E-state index in [4.69, 9.17) is 9.84 Å². The van der Waals surface area contributed by atoms with Crippen molar-refractivity contribution in [2.24, 2.45) is 11.0 Å². The topological polar surface area (TPSA) is 123 Å². The Hall–Kier alpha value is -4.94. The Morgan fingerprint density at radius 3 is 2.31 bits per heavy atom. The number of hydrazone groups is 1. The first-order chi connectivity index (χ1) is 26.0. The molecule has 0 unspecified atom stereocenters. The quantitative estimate of drug-likeness (QED) is 0.217. The van der Waals surface area contributed by atoms with Gasteiger partial charge in [0.25, 0.3) is 5.91 Å². The van der Waals surface area contributed by atoms with Crippen LogP contribution in [0.15, 0.2) is 108 Å². The summed E-state index contributed by atoms with van der Waals surface area (Å²) in [6.45, 7) is 6.11. The Balaban J connectivity index is 1.20. The van der Waals surface area contributed by atoms with E-state index in [0.717, 1.165) is 28.0 Å². The van der Waals surface area contributed by atoms with E-state index in [9.17, 15) is 19.5 Å². The van der Waals surface area contributed by atoms with Crippen LogP contribution < -0.4 is 9.91 Å². The normalized spacial score (nSPS) is 25.2. The van der Waals surface area contributed by atoms with E-state index >= 15 is 4.79 Å². The molecule has 1 spiro atoms. The van der Waals surface area contributed by atoms with Gasteiger partial charge in [-0.25, -0.2) is 5.01 Å². The molecule has 4 aromatic rings. The number of benzene rings is 4. The maximum absolute atomic E-state index is 15.1. The van der Waals surface area contributed by atoms with Gasteiger partial charge in [0.1, 0.15) is 0 Å². The standard InChI is InChI=1S/C43H46N4O6Si/c1-28-41(54(2,3)52)38(24-40(50)45-26-32-17-11-10-16-31(32)22-34(45)27-48)53-43(28)35-23-33(47-39(49)21-19-36(44-47)30-14-8-5-9-15-30)18-20-37(35)46(42(43)51)25-29-12-6-4-7-13-29/h4-18,20,23,28,34,38,41,48,52H,19,21-22,24-27H2,1-3H3/t28-,34-,38+,41-,43+/m0/s1. The zero-order valence-corrected chi connectivity index (χ0v) is 31.9. The molecule has 54 heavy (non-hydrogen) atoms. The molecule has 10 nitrogen and oxygen atoms in total. The van der Waals surface area contributed by atoms with Crippen LogP contribution in [0, 0.1) is 5.92 Å². The molecule has 4 aliphatic heterocycles. The SMILES string of the molecule is C[C@H]1[C@H]([Si](C)(C)O)[C@@H](CC(=O)N2Cc3ccccc3C[C@H]2CO)O[C@]12C(=O)N(Cc1ccccc1)c1ccc(N3N=C(c4ccccc4)CCC3=O)cc12. The second-order valence-corrected chi connectivity index (χ2v) is 19.6. The number of fused-ring (bicyclic) bond motifs is 3. The number of carbonyl (C=O) groups excluding carboxylic acids is 3. The van der Waals surface area contributed by atoms with Crippen LogP contribution in [0.4, 0.5) is 11.4 Å². The predicted molar refractivity (Wildman–Crippen MR) is 209 cm³/mol. The second kappa shape index (κ2) is 14.0. The minimum Gasteiger partial charge on any atom is -0.432 e. The number of rotatable bonds is 8. The van der Waals surface area contributed by atoms with Gasteiger partial charge < -0.3 is 24.4 Å². The third kappa shape index (κ3) is 6.18. The van der Waals surface area contributed by atoms with Gasteiger partial charge in [0, 0.05) is 36.4 Å². The first kappa shape index (κ1) is 36.1. The van der Waals surface area contributed by atoms with Crippen molar-refractivity contribution >= 4 is 43.1 Å². The fourth-order valence-electron chi connectivity index (χ4n) is 9.24. The largest absolute Gasteiger partial charge is 0.432 e. The van der Waals surface area contributed by atoms with Gasteiger partial charge in [-0.3, -0.25) is 14.4 Å². The monoisotopic (exact) mass is 742 g/mol. The molecule has 3 amide bonds. The summed E-state index contributed by atoms with van der Waals surface area (Å²) in [7, 11) is -3.10. The number of hydrogen-bond acceptors (Lipinski definition) is 7. The van der Waals surface area contributed by atoms with E-state index in [2.05, 4.69) is 0 Å². The Labute approximate surface area is 316 Å².